The number of hydrogen-bond acceptors (Lipinski definition) is 3. The quantitative estimate of drug-likeness (QED) is 0.690. The first-order valence-electron chi connectivity index (χ1n) is 5.83. The Morgan fingerprint density at radius 3 is 2.35 bits per heavy atom. The first-order chi connectivity index (χ1) is 9.47. The number of rotatable bonds is 4. The van der Waals surface area contributed by atoms with Gasteiger partial charge in [-0.2, -0.15) is 0 Å². The lowest BCUT2D eigenvalue weighted by Gasteiger charge is -2.11. The van der Waals surface area contributed by atoms with Crippen LogP contribution in [0.15, 0.2) is 42.5 Å². The summed E-state index contributed by atoms with van der Waals surface area (Å²) >= 11 is 0. The number of nitro benzene ring substituents is 1. The molecule has 0 heterocycles. The number of para-hydroxylation sites is 1. The highest BCUT2D eigenvalue weighted by molar-refractivity contribution is 5.40. The van der Waals surface area contributed by atoms with Gasteiger partial charge in [-0.3, -0.25) is 10.1 Å². The molecule has 0 aliphatic heterocycles. The molecule has 0 spiro atoms. The highest BCUT2D eigenvalue weighted by atomic mass is 19.1. The summed E-state index contributed by atoms with van der Waals surface area (Å²) in [5.74, 6) is -1.61. The summed E-state index contributed by atoms with van der Waals surface area (Å²) in [5, 5.41) is 20.8. The molecule has 0 aliphatic carbocycles. The minimum Gasteiger partial charge on any atom is -0.388 e. The minimum atomic E-state index is -1.22. The zero-order valence-electron chi connectivity index (χ0n) is 10.3. The summed E-state index contributed by atoms with van der Waals surface area (Å²) in [7, 11) is 0. The van der Waals surface area contributed by atoms with E-state index >= 15 is 0 Å². The van der Waals surface area contributed by atoms with E-state index in [0.717, 1.165) is 12.1 Å². The van der Waals surface area contributed by atoms with E-state index in [1.165, 1.54) is 18.2 Å². The third-order valence-corrected chi connectivity index (χ3v) is 2.87. The van der Waals surface area contributed by atoms with Crippen molar-refractivity contribution >= 4 is 5.69 Å². The molecule has 2 rings (SSSR count). The third-order valence-electron chi connectivity index (χ3n) is 2.87. The van der Waals surface area contributed by atoms with Crippen molar-refractivity contribution in [3.8, 4) is 0 Å². The van der Waals surface area contributed by atoms with Crippen LogP contribution in [0.4, 0.5) is 14.5 Å². The van der Waals surface area contributed by atoms with Gasteiger partial charge in [-0.05, 0) is 17.7 Å². The van der Waals surface area contributed by atoms with E-state index in [0.29, 0.717) is 11.6 Å². The van der Waals surface area contributed by atoms with Gasteiger partial charge >= 0.3 is 0 Å². The van der Waals surface area contributed by atoms with Crippen LogP contribution in [0.5, 0.6) is 0 Å². The SMILES string of the molecule is O=[N+]([O-])c1ccccc1CC(O)c1cc(F)cc(F)c1. The molecule has 104 valence electrons. The fourth-order valence-corrected chi connectivity index (χ4v) is 1.96. The Kier molecular flexibility index (Phi) is 4.05. The van der Waals surface area contributed by atoms with Crippen LogP contribution in [-0.4, -0.2) is 10.0 Å². The van der Waals surface area contributed by atoms with Gasteiger partial charge in [0.25, 0.3) is 5.69 Å². The Morgan fingerprint density at radius 1 is 1.15 bits per heavy atom. The molecule has 0 fully saturated rings. The first-order valence-corrected chi connectivity index (χ1v) is 5.83. The van der Waals surface area contributed by atoms with Crippen LogP contribution >= 0.6 is 0 Å². The van der Waals surface area contributed by atoms with Crippen LogP contribution in [0.25, 0.3) is 0 Å². The Balaban J connectivity index is 2.28. The molecule has 0 aromatic heterocycles. The molecular weight excluding hydrogens is 268 g/mol. The lowest BCUT2D eigenvalue weighted by atomic mass is 10.00. The number of benzene rings is 2. The number of aliphatic hydroxyl groups excluding tert-OH is 1. The standard InChI is InChI=1S/C14H11F2NO3/c15-11-5-10(6-12(16)8-11)14(18)7-9-3-1-2-4-13(9)17(19)20/h1-6,8,14,18H,7H2. The molecule has 2 aromatic rings. The molecule has 4 nitrogen and oxygen atoms in total. The van der Waals surface area contributed by atoms with E-state index in [4.69, 9.17) is 0 Å². The fraction of sp³-hybridized carbons (Fsp3) is 0.143. The Hall–Kier alpha value is -2.34. The number of nitro groups is 1. The second kappa shape index (κ2) is 5.75. The monoisotopic (exact) mass is 279 g/mol. The predicted molar refractivity (Wildman–Crippen MR) is 68.1 cm³/mol. The van der Waals surface area contributed by atoms with E-state index in [2.05, 4.69) is 0 Å². The van der Waals surface area contributed by atoms with Gasteiger partial charge in [0.05, 0.1) is 11.0 Å². The summed E-state index contributed by atoms with van der Waals surface area (Å²) < 4.78 is 26.2. The summed E-state index contributed by atoms with van der Waals surface area (Å²) in [6.07, 6.45) is -1.32. The second-order valence-corrected chi connectivity index (χ2v) is 4.31. The molecular formula is C14H11F2NO3. The van der Waals surface area contributed by atoms with Crippen molar-refractivity contribution < 1.29 is 18.8 Å². The van der Waals surface area contributed by atoms with Gasteiger partial charge in [0.2, 0.25) is 0 Å². The van der Waals surface area contributed by atoms with Crippen molar-refractivity contribution in [2.75, 3.05) is 0 Å². The molecule has 1 N–H and O–H groups in total. The zero-order valence-corrected chi connectivity index (χ0v) is 10.3. The van der Waals surface area contributed by atoms with E-state index in [-0.39, 0.29) is 17.7 Å². The van der Waals surface area contributed by atoms with Gasteiger partial charge in [0.1, 0.15) is 11.6 Å². The van der Waals surface area contributed by atoms with Crippen molar-refractivity contribution in [2.45, 2.75) is 12.5 Å². The van der Waals surface area contributed by atoms with Crippen LogP contribution < -0.4 is 0 Å². The van der Waals surface area contributed by atoms with Gasteiger partial charge in [-0.15, -0.1) is 0 Å². The highest BCUT2D eigenvalue weighted by Gasteiger charge is 2.18. The first kappa shape index (κ1) is 14.1. The van der Waals surface area contributed by atoms with Crippen molar-refractivity contribution in [1.82, 2.24) is 0 Å². The molecule has 0 saturated carbocycles. The van der Waals surface area contributed by atoms with Crippen LogP contribution in [0.1, 0.15) is 17.2 Å². The van der Waals surface area contributed by atoms with Crippen LogP contribution in [0.3, 0.4) is 0 Å². The van der Waals surface area contributed by atoms with Crippen LogP contribution in [0, 0.1) is 21.7 Å². The summed E-state index contributed by atoms with van der Waals surface area (Å²) in [6.45, 7) is 0. The van der Waals surface area contributed by atoms with E-state index in [9.17, 15) is 24.0 Å². The van der Waals surface area contributed by atoms with Gasteiger partial charge in [0, 0.05) is 24.1 Å². The van der Waals surface area contributed by atoms with Gasteiger partial charge in [0.15, 0.2) is 0 Å². The maximum atomic E-state index is 13.1. The molecule has 1 atom stereocenters. The summed E-state index contributed by atoms with van der Waals surface area (Å²) in [6, 6.07) is 8.62. The molecule has 0 bridgehead atoms. The molecule has 6 heteroatoms. The Morgan fingerprint density at radius 2 is 1.75 bits per heavy atom. The van der Waals surface area contributed by atoms with Gasteiger partial charge < -0.3 is 5.11 Å². The van der Waals surface area contributed by atoms with E-state index in [1.807, 2.05) is 0 Å². The number of halogens is 2. The number of nitrogens with zero attached hydrogens (tertiary/aromatic N) is 1. The van der Waals surface area contributed by atoms with E-state index < -0.39 is 22.7 Å². The summed E-state index contributed by atoms with van der Waals surface area (Å²) in [5.41, 5.74) is 0.207. The van der Waals surface area contributed by atoms with Crippen molar-refractivity contribution in [1.29, 1.82) is 0 Å². The molecule has 0 aliphatic rings. The lowest BCUT2D eigenvalue weighted by molar-refractivity contribution is -0.385. The van der Waals surface area contributed by atoms with Crippen molar-refractivity contribution in [3.05, 3.63) is 75.3 Å². The Bertz CT molecular complexity index is 626. The maximum Gasteiger partial charge on any atom is 0.272 e. The third kappa shape index (κ3) is 3.16. The van der Waals surface area contributed by atoms with Crippen molar-refractivity contribution in [3.63, 3.8) is 0 Å². The average molecular weight is 279 g/mol. The fourth-order valence-electron chi connectivity index (χ4n) is 1.96. The smallest absolute Gasteiger partial charge is 0.272 e. The topological polar surface area (TPSA) is 63.4 Å². The Labute approximate surface area is 113 Å². The molecule has 20 heavy (non-hydrogen) atoms. The minimum absolute atomic E-state index is 0.0423. The van der Waals surface area contributed by atoms with Crippen molar-refractivity contribution in [2.24, 2.45) is 0 Å². The normalized spacial score (nSPS) is 12.2. The number of hydrogen-bond donors (Lipinski definition) is 1. The zero-order chi connectivity index (χ0) is 14.7. The van der Waals surface area contributed by atoms with Gasteiger partial charge in [-0.25, -0.2) is 8.78 Å². The molecule has 1 unspecified atom stereocenters. The maximum absolute atomic E-state index is 13.1. The number of aliphatic hydroxyl groups is 1. The highest BCUT2D eigenvalue weighted by Crippen LogP contribution is 2.25. The van der Waals surface area contributed by atoms with E-state index in [1.54, 1.807) is 6.07 Å². The van der Waals surface area contributed by atoms with Crippen LogP contribution in [0.2, 0.25) is 0 Å². The predicted octanol–water partition coefficient (Wildman–Crippen LogP) is 3.15. The average Bonchev–Trinajstić information content (AvgIpc) is 2.37. The molecule has 2 aromatic carbocycles. The lowest BCUT2D eigenvalue weighted by Crippen LogP contribution is -2.05. The summed E-state index contributed by atoms with van der Waals surface area (Å²) in [4.78, 5) is 10.3. The molecule has 0 radical (unpaired) electrons. The second-order valence-electron chi connectivity index (χ2n) is 4.31. The largest absolute Gasteiger partial charge is 0.388 e. The molecule has 0 saturated heterocycles. The van der Waals surface area contributed by atoms with Gasteiger partial charge in [-0.1, -0.05) is 18.2 Å². The molecule has 0 amide bonds. The van der Waals surface area contributed by atoms with Crippen LogP contribution in [-0.2, 0) is 6.42 Å².